The second-order valence-corrected chi connectivity index (χ2v) is 9.35. The number of anilines is 1. The van der Waals surface area contributed by atoms with Gasteiger partial charge in [-0.05, 0) is 42.4 Å². The summed E-state index contributed by atoms with van der Waals surface area (Å²) in [4.78, 5) is 21.4. The van der Waals surface area contributed by atoms with Crippen LogP contribution in [0.5, 0.6) is 0 Å². The molecule has 1 amide bonds. The number of hydrogen-bond donors (Lipinski definition) is 2. The van der Waals surface area contributed by atoms with Crippen LogP contribution < -0.4 is 11.1 Å². The molecule has 1 unspecified atom stereocenters. The number of nitrogen functional groups attached to an aromatic ring is 1. The second kappa shape index (κ2) is 8.94. The van der Waals surface area contributed by atoms with Gasteiger partial charge in [-0.1, -0.05) is 30.3 Å². The minimum absolute atomic E-state index is 0.103. The van der Waals surface area contributed by atoms with Gasteiger partial charge in [0.25, 0.3) is 5.91 Å². The third-order valence-corrected chi connectivity index (χ3v) is 7.49. The molecule has 0 saturated carbocycles. The summed E-state index contributed by atoms with van der Waals surface area (Å²) >= 11 is 1.41. The number of amides is 1. The third kappa shape index (κ3) is 4.31. The number of carbonyl (C=O) groups is 1. The van der Waals surface area contributed by atoms with Crippen molar-refractivity contribution in [3.63, 3.8) is 0 Å². The number of thiophene rings is 1. The molecule has 2 aliphatic rings. The first-order chi connectivity index (χ1) is 15.2. The lowest BCUT2D eigenvalue weighted by Crippen LogP contribution is -2.41. The highest BCUT2D eigenvalue weighted by molar-refractivity contribution is 7.21. The first-order valence-electron chi connectivity index (χ1n) is 11.0. The summed E-state index contributed by atoms with van der Waals surface area (Å²) < 4.78 is 5.37. The molecule has 1 aliphatic carbocycles. The molecule has 6 nitrogen and oxygen atoms in total. The SMILES string of the molecule is Nc1c(C(=O)NCCN2CCOCC2)sc2nc3c(cc12)CC(c1ccccc1)CC3. The molecule has 31 heavy (non-hydrogen) atoms. The molecule has 7 heteroatoms. The lowest BCUT2D eigenvalue weighted by atomic mass is 9.82. The fourth-order valence-electron chi connectivity index (χ4n) is 4.60. The number of aryl methyl sites for hydroxylation is 1. The summed E-state index contributed by atoms with van der Waals surface area (Å²) in [6.07, 6.45) is 3.04. The van der Waals surface area contributed by atoms with E-state index in [0.717, 1.165) is 68.0 Å². The Morgan fingerprint density at radius 3 is 2.87 bits per heavy atom. The number of ether oxygens (including phenoxy) is 1. The summed E-state index contributed by atoms with van der Waals surface area (Å²) in [5.41, 5.74) is 10.8. The predicted octanol–water partition coefficient (Wildman–Crippen LogP) is 3.21. The van der Waals surface area contributed by atoms with E-state index in [1.807, 2.05) is 0 Å². The number of hydrogen-bond acceptors (Lipinski definition) is 6. The lowest BCUT2D eigenvalue weighted by molar-refractivity contribution is 0.0383. The van der Waals surface area contributed by atoms with E-state index < -0.39 is 0 Å². The van der Waals surface area contributed by atoms with Crippen LogP contribution in [0.2, 0.25) is 0 Å². The van der Waals surface area contributed by atoms with Gasteiger partial charge in [0, 0.05) is 37.3 Å². The quantitative estimate of drug-likeness (QED) is 0.642. The van der Waals surface area contributed by atoms with Crippen molar-refractivity contribution in [2.75, 3.05) is 45.1 Å². The van der Waals surface area contributed by atoms with Gasteiger partial charge in [0.05, 0.1) is 18.9 Å². The molecule has 3 aromatic rings. The van der Waals surface area contributed by atoms with Crippen LogP contribution in [0, 0.1) is 0 Å². The van der Waals surface area contributed by atoms with E-state index in [0.29, 0.717) is 23.0 Å². The Balaban J connectivity index is 1.31. The number of rotatable bonds is 5. The van der Waals surface area contributed by atoms with Crippen LogP contribution in [0.25, 0.3) is 10.2 Å². The van der Waals surface area contributed by atoms with Crippen LogP contribution in [0.15, 0.2) is 36.4 Å². The molecule has 3 N–H and O–H groups in total. The van der Waals surface area contributed by atoms with Crippen LogP contribution in [0.3, 0.4) is 0 Å². The molecular weight excluding hydrogens is 408 g/mol. The van der Waals surface area contributed by atoms with Gasteiger partial charge >= 0.3 is 0 Å². The van der Waals surface area contributed by atoms with E-state index in [4.69, 9.17) is 15.5 Å². The zero-order chi connectivity index (χ0) is 21.2. The highest BCUT2D eigenvalue weighted by atomic mass is 32.1. The number of benzene rings is 1. The Morgan fingerprint density at radius 1 is 1.26 bits per heavy atom. The maximum absolute atomic E-state index is 12.8. The summed E-state index contributed by atoms with van der Waals surface area (Å²) in [5.74, 6) is 0.407. The molecule has 0 spiro atoms. The molecule has 1 fully saturated rings. The van der Waals surface area contributed by atoms with Crippen molar-refractivity contribution in [2.24, 2.45) is 0 Å². The van der Waals surface area contributed by atoms with E-state index in [-0.39, 0.29) is 5.91 Å². The number of fused-ring (bicyclic) bond motifs is 2. The van der Waals surface area contributed by atoms with Crippen LogP contribution in [-0.4, -0.2) is 55.2 Å². The number of pyridine rings is 1. The minimum Gasteiger partial charge on any atom is -0.397 e. The van der Waals surface area contributed by atoms with E-state index in [1.54, 1.807) is 0 Å². The number of morpholine rings is 1. The molecule has 0 radical (unpaired) electrons. The second-order valence-electron chi connectivity index (χ2n) is 8.35. The Labute approximate surface area is 186 Å². The minimum atomic E-state index is -0.103. The van der Waals surface area contributed by atoms with E-state index in [9.17, 15) is 4.79 Å². The van der Waals surface area contributed by atoms with Crippen molar-refractivity contribution < 1.29 is 9.53 Å². The molecule has 3 heterocycles. The molecule has 2 aromatic heterocycles. The Bertz CT molecular complexity index is 1080. The Hall–Kier alpha value is -2.48. The van der Waals surface area contributed by atoms with Crippen LogP contribution in [0.1, 0.15) is 38.8 Å². The molecule has 1 aromatic carbocycles. The summed E-state index contributed by atoms with van der Waals surface area (Å²) in [7, 11) is 0. The first kappa shape index (κ1) is 20.4. The Morgan fingerprint density at radius 2 is 2.06 bits per heavy atom. The van der Waals surface area contributed by atoms with E-state index in [2.05, 4.69) is 46.6 Å². The topological polar surface area (TPSA) is 80.5 Å². The highest BCUT2D eigenvalue weighted by Crippen LogP contribution is 2.38. The summed E-state index contributed by atoms with van der Waals surface area (Å²) in [6, 6.07) is 12.9. The van der Waals surface area contributed by atoms with Gasteiger partial charge in [-0.15, -0.1) is 11.3 Å². The number of nitrogens with two attached hydrogens (primary N) is 1. The third-order valence-electron chi connectivity index (χ3n) is 6.38. The lowest BCUT2D eigenvalue weighted by Gasteiger charge is -2.26. The van der Waals surface area contributed by atoms with Crippen molar-refractivity contribution in [3.8, 4) is 0 Å². The molecule has 1 atom stereocenters. The van der Waals surface area contributed by atoms with Crippen molar-refractivity contribution in [1.29, 1.82) is 0 Å². The molecule has 1 saturated heterocycles. The van der Waals surface area contributed by atoms with Crippen LogP contribution in [-0.2, 0) is 17.6 Å². The average molecular weight is 437 g/mol. The number of nitrogens with zero attached hydrogens (tertiary/aromatic N) is 2. The molecular formula is C24H28N4O2S. The zero-order valence-corrected chi connectivity index (χ0v) is 18.4. The maximum atomic E-state index is 12.8. The molecule has 5 rings (SSSR count). The van der Waals surface area contributed by atoms with Crippen molar-refractivity contribution >= 4 is 33.1 Å². The van der Waals surface area contributed by atoms with E-state index in [1.165, 1.54) is 22.5 Å². The van der Waals surface area contributed by atoms with Gasteiger partial charge < -0.3 is 15.8 Å². The van der Waals surface area contributed by atoms with Gasteiger partial charge in [0.15, 0.2) is 0 Å². The van der Waals surface area contributed by atoms with Gasteiger partial charge in [-0.25, -0.2) is 4.98 Å². The monoisotopic (exact) mass is 436 g/mol. The normalized spacial score (nSPS) is 19.3. The molecule has 1 aliphatic heterocycles. The van der Waals surface area contributed by atoms with Gasteiger partial charge in [0.2, 0.25) is 0 Å². The zero-order valence-electron chi connectivity index (χ0n) is 17.6. The maximum Gasteiger partial charge on any atom is 0.263 e. The van der Waals surface area contributed by atoms with Gasteiger partial charge in [-0.3, -0.25) is 9.69 Å². The first-order valence-corrected chi connectivity index (χ1v) is 11.8. The predicted molar refractivity (Wildman–Crippen MR) is 125 cm³/mol. The molecule has 162 valence electrons. The smallest absolute Gasteiger partial charge is 0.263 e. The number of carbonyl (C=O) groups excluding carboxylic acids is 1. The van der Waals surface area contributed by atoms with Crippen LogP contribution >= 0.6 is 11.3 Å². The van der Waals surface area contributed by atoms with Crippen LogP contribution in [0.4, 0.5) is 5.69 Å². The largest absolute Gasteiger partial charge is 0.397 e. The average Bonchev–Trinajstić information content (AvgIpc) is 3.14. The number of aromatic nitrogens is 1. The number of nitrogens with one attached hydrogen (secondary N) is 1. The van der Waals surface area contributed by atoms with Crippen molar-refractivity contribution in [3.05, 3.63) is 58.1 Å². The van der Waals surface area contributed by atoms with Crippen molar-refractivity contribution in [1.82, 2.24) is 15.2 Å². The fraction of sp³-hybridized carbons (Fsp3) is 0.417. The standard InChI is InChI=1S/C24H28N4O2S/c25-21-19-15-18-14-17(16-4-2-1-3-5-16)6-7-20(18)27-24(19)31-22(21)23(29)26-8-9-28-10-12-30-13-11-28/h1-5,15,17H,6-14,25H2,(H,26,29). The summed E-state index contributed by atoms with van der Waals surface area (Å²) in [5, 5.41) is 3.94. The van der Waals surface area contributed by atoms with Gasteiger partial charge in [0.1, 0.15) is 9.71 Å². The van der Waals surface area contributed by atoms with E-state index >= 15 is 0 Å². The Kier molecular flexibility index (Phi) is 5.89. The molecule has 0 bridgehead atoms. The highest BCUT2D eigenvalue weighted by Gasteiger charge is 2.24. The fourth-order valence-corrected chi connectivity index (χ4v) is 5.61. The van der Waals surface area contributed by atoms with Gasteiger partial charge in [-0.2, -0.15) is 0 Å². The summed E-state index contributed by atoms with van der Waals surface area (Å²) in [6.45, 7) is 4.79. The van der Waals surface area contributed by atoms with Crippen molar-refractivity contribution in [2.45, 2.75) is 25.2 Å².